The second-order valence-electron chi connectivity index (χ2n) is 4.33. The Hall–Kier alpha value is -2.18. The first kappa shape index (κ1) is 12.8. The van der Waals surface area contributed by atoms with Gasteiger partial charge in [-0.05, 0) is 11.6 Å². The third-order valence-corrected chi connectivity index (χ3v) is 4.15. The van der Waals surface area contributed by atoms with E-state index in [4.69, 9.17) is 5.11 Å². The van der Waals surface area contributed by atoms with Crippen LogP contribution in [0.3, 0.4) is 0 Å². The number of aliphatic hydroxyl groups is 1. The SMILES string of the molecule is O=c1[nH]c2sc(-c3ccccc3)cc2c(=O)n1CCO. The quantitative estimate of drug-likeness (QED) is 0.765. The minimum atomic E-state index is -0.488. The van der Waals surface area contributed by atoms with Crippen LogP contribution in [0.4, 0.5) is 0 Å². The van der Waals surface area contributed by atoms with Gasteiger partial charge in [0.25, 0.3) is 5.56 Å². The van der Waals surface area contributed by atoms with Crippen molar-refractivity contribution in [1.29, 1.82) is 0 Å². The smallest absolute Gasteiger partial charge is 0.329 e. The van der Waals surface area contributed by atoms with Gasteiger partial charge in [0.2, 0.25) is 0 Å². The van der Waals surface area contributed by atoms with Crippen LogP contribution < -0.4 is 11.2 Å². The number of thiophene rings is 1. The average Bonchev–Trinajstić information content (AvgIpc) is 2.88. The molecule has 5 nitrogen and oxygen atoms in total. The van der Waals surface area contributed by atoms with E-state index >= 15 is 0 Å². The first-order chi connectivity index (χ1) is 9.70. The Morgan fingerprint density at radius 2 is 1.95 bits per heavy atom. The molecule has 3 rings (SSSR count). The van der Waals surface area contributed by atoms with Crippen LogP contribution in [0, 0.1) is 0 Å². The number of aliphatic hydroxyl groups excluding tert-OH is 1. The minimum absolute atomic E-state index is 0.000619. The monoisotopic (exact) mass is 288 g/mol. The molecule has 0 fully saturated rings. The summed E-state index contributed by atoms with van der Waals surface area (Å²) < 4.78 is 1.02. The maximum absolute atomic E-state index is 12.2. The number of aromatic nitrogens is 2. The van der Waals surface area contributed by atoms with E-state index in [0.717, 1.165) is 15.0 Å². The summed E-state index contributed by atoms with van der Waals surface area (Å²) in [6.45, 7) is -0.245. The fourth-order valence-electron chi connectivity index (χ4n) is 2.09. The van der Waals surface area contributed by atoms with Crippen molar-refractivity contribution < 1.29 is 5.11 Å². The van der Waals surface area contributed by atoms with Gasteiger partial charge in [-0.15, -0.1) is 11.3 Å². The molecule has 0 saturated heterocycles. The third-order valence-electron chi connectivity index (χ3n) is 3.06. The Bertz CT molecular complexity index is 861. The topological polar surface area (TPSA) is 75.1 Å². The Kier molecular flexibility index (Phi) is 3.25. The molecule has 0 saturated carbocycles. The van der Waals surface area contributed by atoms with E-state index in [-0.39, 0.29) is 18.7 Å². The molecule has 0 aliphatic rings. The van der Waals surface area contributed by atoms with E-state index in [1.807, 2.05) is 30.3 Å². The molecule has 0 amide bonds. The lowest BCUT2D eigenvalue weighted by atomic mass is 10.2. The summed E-state index contributed by atoms with van der Waals surface area (Å²) in [4.78, 5) is 28.2. The standard InChI is InChI=1S/C14H12N2O3S/c17-7-6-16-13(18)10-8-11(9-4-2-1-3-5-9)20-12(10)15-14(16)19/h1-5,8,17H,6-7H2,(H,15,19). The molecule has 0 bridgehead atoms. The number of benzene rings is 1. The Labute approximate surface area is 117 Å². The maximum Gasteiger partial charge on any atom is 0.329 e. The number of rotatable bonds is 3. The Morgan fingerprint density at radius 3 is 2.65 bits per heavy atom. The molecule has 6 heteroatoms. The minimum Gasteiger partial charge on any atom is -0.395 e. The van der Waals surface area contributed by atoms with Gasteiger partial charge in [-0.1, -0.05) is 30.3 Å². The molecule has 0 atom stereocenters. The maximum atomic E-state index is 12.2. The largest absolute Gasteiger partial charge is 0.395 e. The normalized spacial score (nSPS) is 11.1. The number of nitrogens with one attached hydrogen (secondary N) is 1. The Morgan fingerprint density at radius 1 is 1.20 bits per heavy atom. The summed E-state index contributed by atoms with van der Waals surface area (Å²) in [5.74, 6) is 0. The van der Waals surface area contributed by atoms with Gasteiger partial charge in [0.05, 0.1) is 18.5 Å². The molecule has 1 aromatic carbocycles. The van der Waals surface area contributed by atoms with Crippen LogP contribution in [-0.4, -0.2) is 21.3 Å². The molecule has 2 heterocycles. The predicted octanol–water partition coefficient (Wildman–Crippen LogP) is 1.41. The molecule has 2 N–H and O–H groups in total. The van der Waals surface area contributed by atoms with Gasteiger partial charge in [-0.3, -0.25) is 14.3 Å². The number of nitrogens with zero attached hydrogens (tertiary/aromatic N) is 1. The van der Waals surface area contributed by atoms with Gasteiger partial charge in [-0.25, -0.2) is 4.79 Å². The molecule has 0 spiro atoms. The van der Waals surface area contributed by atoms with Crippen LogP contribution in [0.1, 0.15) is 0 Å². The highest BCUT2D eigenvalue weighted by atomic mass is 32.1. The van der Waals surface area contributed by atoms with Crippen molar-refractivity contribution >= 4 is 21.6 Å². The fraction of sp³-hybridized carbons (Fsp3) is 0.143. The van der Waals surface area contributed by atoms with Crippen molar-refractivity contribution in [3.8, 4) is 10.4 Å². The van der Waals surface area contributed by atoms with Crippen LogP contribution in [0.2, 0.25) is 0 Å². The molecule has 102 valence electrons. The number of fused-ring (bicyclic) bond motifs is 1. The summed E-state index contributed by atoms with van der Waals surface area (Å²) >= 11 is 1.37. The molecule has 0 aliphatic heterocycles. The fourth-order valence-corrected chi connectivity index (χ4v) is 3.14. The average molecular weight is 288 g/mol. The van der Waals surface area contributed by atoms with E-state index in [9.17, 15) is 9.59 Å². The summed E-state index contributed by atoms with van der Waals surface area (Å²) in [5.41, 5.74) is 0.150. The number of hydrogen-bond donors (Lipinski definition) is 2. The first-order valence-electron chi connectivity index (χ1n) is 6.13. The van der Waals surface area contributed by atoms with E-state index in [0.29, 0.717) is 10.2 Å². The molecule has 0 unspecified atom stereocenters. The zero-order valence-corrected chi connectivity index (χ0v) is 11.3. The van der Waals surface area contributed by atoms with Crippen LogP contribution in [0.25, 0.3) is 20.7 Å². The molecule has 0 aliphatic carbocycles. The second kappa shape index (κ2) is 5.07. The van der Waals surface area contributed by atoms with Gasteiger partial charge < -0.3 is 5.11 Å². The Balaban J connectivity index is 2.24. The molecule has 3 aromatic rings. The summed E-state index contributed by atoms with van der Waals surface area (Å²) in [6.07, 6.45) is 0. The van der Waals surface area contributed by atoms with Gasteiger partial charge in [-0.2, -0.15) is 0 Å². The highest BCUT2D eigenvalue weighted by Gasteiger charge is 2.11. The van der Waals surface area contributed by atoms with E-state index in [1.165, 1.54) is 11.3 Å². The van der Waals surface area contributed by atoms with Crippen LogP contribution >= 0.6 is 11.3 Å². The highest BCUT2D eigenvalue weighted by Crippen LogP contribution is 2.30. The van der Waals surface area contributed by atoms with Crippen molar-refractivity contribution in [3.63, 3.8) is 0 Å². The first-order valence-corrected chi connectivity index (χ1v) is 6.95. The predicted molar refractivity (Wildman–Crippen MR) is 79.2 cm³/mol. The van der Waals surface area contributed by atoms with Crippen molar-refractivity contribution in [3.05, 3.63) is 57.2 Å². The lowest BCUT2D eigenvalue weighted by Gasteiger charge is -2.00. The van der Waals surface area contributed by atoms with Gasteiger partial charge >= 0.3 is 5.69 Å². The summed E-state index contributed by atoms with van der Waals surface area (Å²) in [6, 6.07) is 11.5. The van der Waals surface area contributed by atoms with Crippen LogP contribution in [0.5, 0.6) is 0 Å². The van der Waals surface area contributed by atoms with E-state index < -0.39 is 5.69 Å². The number of aromatic amines is 1. The molecule has 2 aromatic heterocycles. The zero-order chi connectivity index (χ0) is 14.1. The molecule has 0 radical (unpaired) electrons. The molecular weight excluding hydrogens is 276 g/mol. The molecular formula is C14H12N2O3S. The second-order valence-corrected chi connectivity index (χ2v) is 5.38. The van der Waals surface area contributed by atoms with Crippen molar-refractivity contribution in [2.45, 2.75) is 6.54 Å². The van der Waals surface area contributed by atoms with Gasteiger partial charge in [0.1, 0.15) is 4.83 Å². The van der Waals surface area contributed by atoms with Gasteiger partial charge in [0, 0.05) is 4.88 Å². The van der Waals surface area contributed by atoms with Crippen molar-refractivity contribution in [2.75, 3.05) is 6.61 Å². The van der Waals surface area contributed by atoms with E-state index in [2.05, 4.69) is 4.98 Å². The van der Waals surface area contributed by atoms with Crippen molar-refractivity contribution in [2.24, 2.45) is 0 Å². The van der Waals surface area contributed by atoms with Crippen molar-refractivity contribution in [1.82, 2.24) is 9.55 Å². The lowest BCUT2D eigenvalue weighted by molar-refractivity contribution is 0.272. The van der Waals surface area contributed by atoms with Crippen LogP contribution in [0.15, 0.2) is 46.0 Å². The van der Waals surface area contributed by atoms with Gasteiger partial charge in [0.15, 0.2) is 0 Å². The number of hydrogen-bond acceptors (Lipinski definition) is 4. The summed E-state index contributed by atoms with van der Waals surface area (Å²) in [5, 5.41) is 9.39. The van der Waals surface area contributed by atoms with Crippen LogP contribution in [-0.2, 0) is 6.54 Å². The highest BCUT2D eigenvalue weighted by molar-refractivity contribution is 7.21. The zero-order valence-electron chi connectivity index (χ0n) is 10.5. The lowest BCUT2D eigenvalue weighted by Crippen LogP contribution is -2.35. The molecule has 20 heavy (non-hydrogen) atoms. The third kappa shape index (κ3) is 2.09. The van der Waals surface area contributed by atoms with E-state index in [1.54, 1.807) is 6.07 Å². The summed E-state index contributed by atoms with van der Waals surface area (Å²) in [7, 11) is 0. The number of H-pyrrole nitrogens is 1.